The smallest absolute Gasteiger partial charge is 0.141 e. The van der Waals surface area contributed by atoms with Crippen LogP contribution in [-0.4, -0.2) is 13.6 Å². The van der Waals surface area contributed by atoms with Gasteiger partial charge < -0.3 is 5.32 Å². The van der Waals surface area contributed by atoms with Gasteiger partial charge in [0.25, 0.3) is 0 Å². The highest BCUT2D eigenvalue weighted by molar-refractivity contribution is 6.30. The first-order valence-electron chi connectivity index (χ1n) is 7.18. The second kappa shape index (κ2) is 6.71. The summed E-state index contributed by atoms with van der Waals surface area (Å²) in [5.74, 6) is 1.88. The molecule has 1 aliphatic carbocycles. The number of benzene rings is 1. The number of halogens is 2. The lowest BCUT2D eigenvalue weighted by Crippen LogP contribution is -2.32. The van der Waals surface area contributed by atoms with E-state index in [1.165, 1.54) is 25.3 Å². The quantitative estimate of drug-likeness (QED) is 0.869. The Bertz CT molecular complexity index is 421. The molecular formula is C16H23ClFN. The topological polar surface area (TPSA) is 12.0 Å². The molecule has 1 fully saturated rings. The third-order valence-electron chi connectivity index (χ3n) is 4.35. The van der Waals surface area contributed by atoms with Gasteiger partial charge in [-0.2, -0.15) is 0 Å². The van der Waals surface area contributed by atoms with Crippen LogP contribution in [-0.2, 0) is 6.42 Å². The van der Waals surface area contributed by atoms with Crippen LogP contribution in [0.25, 0.3) is 0 Å². The zero-order chi connectivity index (χ0) is 13.8. The van der Waals surface area contributed by atoms with Gasteiger partial charge >= 0.3 is 0 Å². The standard InChI is InChI=1S/C16H23ClFN/c1-11-3-5-13(10-19-2)14(7-11)8-12-4-6-16(18)15(17)9-12/h4,6,9,11,13-14,19H,3,5,7-8,10H2,1-2H3. The number of hydrogen-bond acceptors (Lipinski definition) is 1. The average Bonchev–Trinajstić information content (AvgIpc) is 2.37. The molecule has 3 unspecified atom stereocenters. The van der Waals surface area contributed by atoms with Crippen LogP contribution >= 0.6 is 11.6 Å². The van der Waals surface area contributed by atoms with E-state index in [9.17, 15) is 4.39 Å². The Balaban J connectivity index is 2.07. The molecule has 0 aromatic heterocycles. The number of hydrogen-bond donors (Lipinski definition) is 1. The molecule has 0 radical (unpaired) electrons. The summed E-state index contributed by atoms with van der Waals surface area (Å²) < 4.78 is 13.2. The van der Waals surface area contributed by atoms with Gasteiger partial charge in [0.2, 0.25) is 0 Å². The summed E-state index contributed by atoms with van der Waals surface area (Å²) in [4.78, 5) is 0. The van der Waals surface area contributed by atoms with E-state index >= 15 is 0 Å². The van der Waals surface area contributed by atoms with Gasteiger partial charge in [0, 0.05) is 0 Å². The van der Waals surface area contributed by atoms with E-state index in [1.807, 2.05) is 13.1 Å². The predicted molar refractivity (Wildman–Crippen MR) is 79.0 cm³/mol. The van der Waals surface area contributed by atoms with Crippen molar-refractivity contribution in [1.29, 1.82) is 0 Å². The van der Waals surface area contributed by atoms with E-state index in [1.54, 1.807) is 6.07 Å². The van der Waals surface area contributed by atoms with Crippen molar-refractivity contribution in [3.8, 4) is 0 Å². The Hall–Kier alpha value is -0.600. The maximum Gasteiger partial charge on any atom is 0.141 e. The summed E-state index contributed by atoms with van der Waals surface area (Å²) in [6, 6.07) is 5.14. The molecule has 0 heterocycles. The fourth-order valence-corrected chi connectivity index (χ4v) is 3.51. The van der Waals surface area contributed by atoms with Crippen LogP contribution < -0.4 is 5.32 Å². The van der Waals surface area contributed by atoms with Gasteiger partial charge in [0.1, 0.15) is 5.82 Å². The molecule has 2 rings (SSSR count). The SMILES string of the molecule is CNCC1CCC(C)CC1Cc1ccc(F)c(Cl)c1. The minimum Gasteiger partial charge on any atom is -0.319 e. The maximum atomic E-state index is 13.2. The molecule has 0 amide bonds. The lowest BCUT2D eigenvalue weighted by molar-refractivity contribution is 0.186. The first-order valence-corrected chi connectivity index (χ1v) is 7.56. The van der Waals surface area contributed by atoms with E-state index in [0.29, 0.717) is 5.92 Å². The van der Waals surface area contributed by atoms with Gasteiger partial charge in [-0.1, -0.05) is 31.0 Å². The lowest BCUT2D eigenvalue weighted by atomic mass is 9.72. The van der Waals surface area contributed by atoms with E-state index in [-0.39, 0.29) is 10.8 Å². The highest BCUT2D eigenvalue weighted by atomic mass is 35.5. The Labute approximate surface area is 120 Å². The third-order valence-corrected chi connectivity index (χ3v) is 4.64. The zero-order valence-electron chi connectivity index (χ0n) is 11.8. The van der Waals surface area contributed by atoms with Crippen molar-refractivity contribution in [2.45, 2.75) is 32.6 Å². The van der Waals surface area contributed by atoms with Crippen molar-refractivity contribution >= 4 is 11.6 Å². The monoisotopic (exact) mass is 283 g/mol. The third kappa shape index (κ3) is 3.93. The van der Waals surface area contributed by atoms with Gasteiger partial charge in [-0.3, -0.25) is 0 Å². The maximum absolute atomic E-state index is 13.2. The average molecular weight is 284 g/mol. The minimum absolute atomic E-state index is 0.242. The van der Waals surface area contributed by atoms with Crippen LogP contribution in [0.1, 0.15) is 31.7 Å². The highest BCUT2D eigenvalue weighted by Crippen LogP contribution is 2.35. The molecule has 1 aliphatic rings. The van der Waals surface area contributed by atoms with E-state index in [2.05, 4.69) is 12.2 Å². The van der Waals surface area contributed by atoms with Crippen molar-refractivity contribution in [2.75, 3.05) is 13.6 Å². The van der Waals surface area contributed by atoms with Crippen LogP contribution in [0, 0.1) is 23.6 Å². The van der Waals surface area contributed by atoms with Crippen molar-refractivity contribution in [2.24, 2.45) is 17.8 Å². The molecule has 1 aromatic rings. The molecule has 1 saturated carbocycles. The van der Waals surface area contributed by atoms with E-state index < -0.39 is 0 Å². The van der Waals surface area contributed by atoms with Crippen molar-refractivity contribution in [3.63, 3.8) is 0 Å². The molecular weight excluding hydrogens is 261 g/mol. The molecule has 0 aliphatic heterocycles. The summed E-state index contributed by atoms with van der Waals surface area (Å²) >= 11 is 5.87. The molecule has 19 heavy (non-hydrogen) atoms. The molecule has 3 atom stereocenters. The normalized spacial score (nSPS) is 27.5. The van der Waals surface area contributed by atoms with Crippen LogP contribution in [0.4, 0.5) is 4.39 Å². The Morgan fingerprint density at radius 1 is 1.32 bits per heavy atom. The first-order chi connectivity index (χ1) is 9.10. The Morgan fingerprint density at radius 2 is 2.11 bits per heavy atom. The van der Waals surface area contributed by atoms with E-state index in [0.717, 1.165) is 30.4 Å². The van der Waals surface area contributed by atoms with Gasteiger partial charge in [0.15, 0.2) is 0 Å². The molecule has 3 heteroatoms. The number of nitrogens with one attached hydrogen (secondary N) is 1. The first kappa shape index (κ1) is 14.8. The van der Waals surface area contributed by atoms with Crippen LogP contribution in [0.15, 0.2) is 18.2 Å². The highest BCUT2D eigenvalue weighted by Gasteiger charge is 2.28. The Kier molecular flexibility index (Phi) is 5.23. The molecule has 1 N–H and O–H groups in total. The van der Waals surface area contributed by atoms with Gasteiger partial charge in [-0.05, 0) is 68.3 Å². The summed E-state index contributed by atoms with van der Waals surface area (Å²) in [5.41, 5.74) is 1.16. The summed E-state index contributed by atoms with van der Waals surface area (Å²) in [5, 5.41) is 3.54. The van der Waals surface area contributed by atoms with Crippen LogP contribution in [0.2, 0.25) is 5.02 Å². The van der Waals surface area contributed by atoms with E-state index in [4.69, 9.17) is 11.6 Å². The zero-order valence-corrected chi connectivity index (χ0v) is 12.5. The largest absolute Gasteiger partial charge is 0.319 e. The van der Waals surface area contributed by atoms with Crippen LogP contribution in [0.3, 0.4) is 0 Å². The van der Waals surface area contributed by atoms with Gasteiger partial charge in [-0.15, -0.1) is 0 Å². The summed E-state index contributed by atoms with van der Waals surface area (Å²) in [6.45, 7) is 3.41. The molecule has 1 aromatic carbocycles. The summed E-state index contributed by atoms with van der Waals surface area (Å²) in [6.07, 6.45) is 4.90. The molecule has 0 bridgehead atoms. The molecule has 0 spiro atoms. The van der Waals surface area contributed by atoms with Crippen molar-refractivity contribution < 1.29 is 4.39 Å². The van der Waals surface area contributed by atoms with Crippen LogP contribution in [0.5, 0.6) is 0 Å². The molecule has 0 saturated heterocycles. The fourth-order valence-electron chi connectivity index (χ4n) is 3.31. The fraction of sp³-hybridized carbons (Fsp3) is 0.625. The number of rotatable bonds is 4. The van der Waals surface area contributed by atoms with Gasteiger partial charge in [0.05, 0.1) is 5.02 Å². The van der Waals surface area contributed by atoms with Crippen molar-refractivity contribution in [1.82, 2.24) is 5.32 Å². The van der Waals surface area contributed by atoms with Gasteiger partial charge in [-0.25, -0.2) is 4.39 Å². The summed E-state index contributed by atoms with van der Waals surface area (Å²) in [7, 11) is 2.02. The predicted octanol–water partition coefficient (Wildman–Crippen LogP) is 4.29. The lowest BCUT2D eigenvalue weighted by Gasteiger charge is -2.35. The second-order valence-corrected chi connectivity index (χ2v) is 6.36. The molecule has 1 nitrogen and oxygen atoms in total. The minimum atomic E-state index is -0.325. The second-order valence-electron chi connectivity index (χ2n) is 5.95. The Morgan fingerprint density at radius 3 is 2.79 bits per heavy atom. The molecule has 106 valence electrons. The van der Waals surface area contributed by atoms with Crippen molar-refractivity contribution in [3.05, 3.63) is 34.6 Å².